The fourth-order valence-electron chi connectivity index (χ4n) is 6.93. The molecule has 0 fully saturated rings. The number of carboxylic acids is 1. The normalized spacial score (nSPS) is 13.0. The first-order valence-corrected chi connectivity index (χ1v) is 20.4. The topological polar surface area (TPSA) is 107 Å². The number of carboxylic acid groups (broad SMARTS) is 1. The molecule has 0 aromatic heterocycles. The van der Waals surface area contributed by atoms with Gasteiger partial charge in [-0.05, 0) is 47.2 Å². The van der Waals surface area contributed by atoms with Gasteiger partial charge in [-0.1, -0.05) is 162 Å². The number of carbonyl (C=O) groups excluding carboxylic acids is 1. The smallest absolute Gasteiger partial charge is 0.307 e. The van der Waals surface area contributed by atoms with Crippen LogP contribution in [0.2, 0.25) is 20.2 Å². The highest BCUT2D eigenvalue weighted by molar-refractivity contribution is 6.90. The Bertz CT molecular complexity index is 1430. The Morgan fingerprint density at radius 1 is 0.532 bits per heavy atom. The summed E-state index contributed by atoms with van der Waals surface area (Å²) < 4.78 is 0. The van der Waals surface area contributed by atoms with Crippen molar-refractivity contribution in [1.29, 1.82) is 0 Å². The lowest BCUT2D eigenvalue weighted by molar-refractivity contribution is -0.136. The largest absolute Gasteiger partial charge is 0.481 e. The van der Waals surface area contributed by atoms with E-state index >= 15 is 0 Å². The highest BCUT2D eigenvalue weighted by atomic mass is 28.4. The van der Waals surface area contributed by atoms with Gasteiger partial charge in [0.15, 0.2) is 0 Å². The molecule has 47 heavy (non-hydrogen) atoms. The number of carbonyl (C=O) groups is 2. The molecule has 0 aliphatic rings. The van der Waals surface area contributed by atoms with E-state index in [0.29, 0.717) is 13.0 Å². The van der Waals surface area contributed by atoms with E-state index in [1.165, 1.54) is 0 Å². The molecular weight excluding hydrogens is 619 g/mol. The number of hydrogen-bond acceptors (Lipinski definition) is 4. The first-order chi connectivity index (χ1) is 21.3. The highest BCUT2D eigenvalue weighted by Gasteiger charge is 2.54. The molecule has 0 heterocycles. The van der Waals surface area contributed by atoms with Crippen LogP contribution in [0.25, 0.3) is 0 Å². The summed E-state index contributed by atoms with van der Waals surface area (Å²) >= 11 is 0. The van der Waals surface area contributed by atoms with Gasteiger partial charge in [-0.2, -0.15) is 0 Å². The molecule has 258 valence electrons. The number of amides is 1. The molecule has 8 heteroatoms. The third kappa shape index (κ3) is 9.75. The first-order valence-electron chi connectivity index (χ1n) is 16.5. The Morgan fingerprint density at radius 3 is 1.19 bits per heavy atom. The van der Waals surface area contributed by atoms with E-state index in [1.54, 1.807) is 0 Å². The number of hydrogen-bond donors (Lipinski definition) is 4. The summed E-state index contributed by atoms with van der Waals surface area (Å²) in [5.74, 6) is -0.831. The quantitative estimate of drug-likeness (QED) is 0.187. The molecule has 0 aliphatic carbocycles. The Hall–Kier alpha value is -3.05. The van der Waals surface area contributed by atoms with Crippen LogP contribution in [-0.2, 0) is 29.0 Å². The Kier molecular flexibility index (Phi) is 12.8. The average molecular weight is 678 g/mol. The van der Waals surface area contributed by atoms with E-state index in [0.717, 1.165) is 27.1 Å². The van der Waals surface area contributed by atoms with Crippen LogP contribution in [0.1, 0.15) is 99.8 Å². The average Bonchev–Trinajstić information content (AvgIpc) is 2.94. The third-order valence-electron chi connectivity index (χ3n) is 9.14. The van der Waals surface area contributed by atoms with Crippen molar-refractivity contribution in [2.75, 3.05) is 0 Å². The molecule has 0 unspecified atom stereocenters. The molecule has 3 aromatic carbocycles. The van der Waals surface area contributed by atoms with Crippen molar-refractivity contribution in [3.05, 3.63) is 95.6 Å². The molecule has 0 bridgehead atoms. The van der Waals surface area contributed by atoms with E-state index in [2.05, 4.69) is 88.4 Å². The molecule has 0 radical (unpaired) electrons. The molecule has 1 amide bonds. The zero-order valence-electron chi connectivity index (χ0n) is 30.8. The maximum atomic E-state index is 12.2. The molecule has 4 N–H and O–H groups in total. The first kappa shape index (κ1) is 40.1. The van der Waals surface area contributed by atoms with Gasteiger partial charge in [-0.3, -0.25) is 9.59 Å². The summed E-state index contributed by atoms with van der Waals surface area (Å²) in [4.78, 5) is 46.1. The number of rotatable bonds is 8. The van der Waals surface area contributed by atoms with Crippen LogP contribution >= 0.6 is 0 Å². The lowest BCUT2D eigenvalue weighted by Gasteiger charge is -2.47. The minimum Gasteiger partial charge on any atom is -0.481 e. The number of nitrogens with one attached hydrogen (secondary N) is 1. The van der Waals surface area contributed by atoms with Crippen molar-refractivity contribution in [2.24, 2.45) is 0 Å². The van der Waals surface area contributed by atoms with Gasteiger partial charge in [0, 0.05) is 6.54 Å². The molecular formula is C39H59NO5Si2. The van der Waals surface area contributed by atoms with Crippen LogP contribution in [0.4, 0.5) is 0 Å². The minimum absolute atomic E-state index is 0.00533. The van der Waals surface area contributed by atoms with Gasteiger partial charge >= 0.3 is 5.97 Å². The molecule has 0 atom stereocenters. The van der Waals surface area contributed by atoms with Crippen LogP contribution in [0.15, 0.2) is 78.9 Å². The maximum absolute atomic E-state index is 12.2. The molecule has 3 rings (SSSR count). The van der Waals surface area contributed by atoms with Crippen LogP contribution < -0.4 is 15.7 Å². The summed E-state index contributed by atoms with van der Waals surface area (Å²) in [5, 5.41) is 13.0. The van der Waals surface area contributed by atoms with Crippen molar-refractivity contribution >= 4 is 38.9 Å². The van der Waals surface area contributed by atoms with Gasteiger partial charge in [0.2, 0.25) is 22.5 Å². The summed E-state index contributed by atoms with van der Waals surface area (Å²) in [7, 11) is -5.49. The lowest BCUT2D eigenvalue weighted by atomic mass is 10.1. The van der Waals surface area contributed by atoms with Crippen LogP contribution in [0.5, 0.6) is 0 Å². The minimum atomic E-state index is -2.75. The lowest BCUT2D eigenvalue weighted by Crippen LogP contribution is -2.61. The Labute approximate surface area is 285 Å². The van der Waals surface area contributed by atoms with Gasteiger partial charge < -0.3 is 20.0 Å². The molecule has 0 spiro atoms. The second-order valence-corrected chi connectivity index (χ2v) is 26.8. The van der Waals surface area contributed by atoms with Crippen molar-refractivity contribution in [1.82, 2.24) is 5.32 Å². The second kappa shape index (κ2) is 15.0. The molecule has 3 aromatic rings. The summed E-state index contributed by atoms with van der Waals surface area (Å²) in [6.45, 7) is 25.7. The molecule has 0 saturated heterocycles. The van der Waals surface area contributed by atoms with E-state index in [-0.39, 0.29) is 32.5 Å². The van der Waals surface area contributed by atoms with Gasteiger partial charge in [0.05, 0.1) is 12.8 Å². The van der Waals surface area contributed by atoms with Gasteiger partial charge in [0.1, 0.15) is 0 Å². The van der Waals surface area contributed by atoms with Gasteiger partial charge in [0.25, 0.3) is 0 Å². The van der Waals surface area contributed by atoms with Gasteiger partial charge in [-0.15, -0.1) is 0 Å². The SMILES string of the molecule is CC(C)(C)[Si](O)(c1ccc(CC(=O)NCc2ccccc2)cc1)C(C)(C)C.CC(C)(C)[Si](O)(c1ccc(CC(=O)O)cc1)C(C)(C)C. The predicted octanol–water partition coefficient (Wildman–Crippen LogP) is 7.35. The Balaban J connectivity index is 0.000000343. The third-order valence-corrected chi connectivity index (χ3v) is 20.2. The number of aliphatic carboxylic acids is 1. The zero-order chi connectivity index (χ0) is 36.1. The fourth-order valence-corrected chi connectivity index (χ4v) is 16.2. The van der Waals surface area contributed by atoms with Crippen LogP contribution in [-0.4, -0.2) is 43.2 Å². The summed E-state index contributed by atoms with van der Waals surface area (Å²) in [6.07, 6.45) is 0.365. The monoisotopic (exact) mass is 677 g/mol. The van der Waals surface area contributed by atoms with Crippen molar-refractivity contribution in [3.8, 4) is 0 Å². The predicted molar refractivity (Wildman–Crippen MR) is 200 cm³/mol. The van der Waals surface area contributed by atoms with Crippen LogP contribution in [0, 0.1) is 0 Å². The van der Waals surface area contributed by atoms with Crippen molar-refractivity contribution < 1.29 is 24.3 Å². The molecule has 0 aliphatic heterocycles. The number of benzene rings is 3. The summed E-state index contributed by atoms with van der Waals surface area (Å²) in [6, 6.07) is 25.3. The highest BCUT2D eigenvalue weighted by Crippen LogP contribution is 2.49. The molecule has 6 nitrogen and oxygen atoms in total. The zero-order valence-corrected chi connectivity index (χ0v) is 32.8. The second-order valence-electron chi connectivity index (χ2n) is 16.8. The van der Waals surface area contributed by atoms with E-state index in [1.807, 2.05) is 78.9 Å². The maximum Gasteiger partial charge on any atom is 0.307 e. The van der Waals surface area contributed by atoms with E-state index in [9.17, 15) is 19.2 Å². The van der Waals surface area contributed by atoms with E-state index < -0.39 is 22.6 Å². The standard InChI is InChI=1S/C23H33NO2Si.C16H26O3Si/c1-22(2,3)27(26,23(4,5)6)20-14-12-18(13-15-20)16-21(25)24-17-19-10-8-7-9-11-19;1-15(2,3)20(19,16(4,5)6)13-9-7-12(8-10-13)11-14(17)18/h7-15,26H,16-17H2,1-6H3,(H,24,25);7-10,19H,11H2,1-6H3,(H,17,18). The van der Waals surface area contributed by atoms with Gasteiger partial charge in [-0.25, -0.2) is 0 Å². The van der Waals surface area contributed by atoms with Crippen molar-refractivity contribution in [3.63, 3.8) is 0 Å². The summed E-state index contributed by atoms with van der Waals surface area (Å²) in [5.41, 5.74) is 2.82. The van der Waals surface area contributed by atoms with Crippen LogP contribution in [0.3, 0.4) is 0 Å². The van der Waals surface area contributed by atoms with Crippen molar-refractivity contribution in [2.45, 2.75) is 123 Å². The molecule has 0 saturated carbocycles. The Morgan fingerprint density at radius 2 is 0.872 bits per heavy atom. The van der Waals surface area contributed by atoms with E-state index in [4.69, 9.17) is 5.11 Å². The fraction of sp³-hybridized carbons (Fsp3) is 0.487.